The summed E-state index contributed by atoms with van der Waals surface area (Å²) >= 11 is 6.50. The molecule has 0 atom stereocenters. The maximum Gasteiger partial charge on any atom is 0.228 e. The molecule has 1 aromatic rings. The molecule has 1 rings (SSSR count). The summed E-state index contributed by atoms with van der Waals surface area (Å²) in [4.78, 5) is 0. The largest absolute Gasteiger partial charge is 0.463 e. The number of hydrogen-bond donors (Lipinski definition) is 0. The van der Waals surface area contributed by atoms with Gasteiger partial charge in [0.15, 0.2) is 0 Å². The second kappa shape index (κ2) is 4.07. The Morgan fingerprint density at radius 2 is 1.73 bits per heavy atom. The molecule has 0 spiro atoms. The molecule has 60 valence electrons. The second-order valence-electron chi connectivity index (χ2n) is 1.86. The van der Waals surface area contributed by atoms with Gasteiger partial charge in [-0.15, -0.1) is 0 Å². The number of ether oxygens (including phenoxy) is 1. The standard InChI is InChI=1S/C7H5Br2FO/c8-5-1-6(9)3-7(2-5)11-4-10/h1-3H,4H2. The topological polar surface area (TPSA) is 9.23 Å². The van der Waals surface area contributed by atoms with Crippen LogP contribution in [0.5, 0.6) is 5.75 Å². The summed E-state index contributed by atoms with van der Waals surface area (Å²) in [7, 11) is 0. The molecule has 11 heavy (non-hydrogen) atoms. The Morgan fingerprint density at radius 1 is 1.18 bits per heavy atom. The van der Waals surface area contributed by atoms with E-state index in [1.807, 2.05) is 6.07 Å². The van der Waals surface area contributed by atoms with Gasteiger partial charge in [0.25, 0.3) is 0 Å². The van der Waals surface area contributed by atoms with Crippen LogP contribution in [0.4, 0.5) is 4.39 Å². The minimum Gasteiger partial charge on any atom is -0.463 e. The van der Waals surface area contributed by atoms with Gasteiger partial charge in [0, 0.05) is 8.95 Å². The smallest absolute Gasteiger partial charge is 0.228 e. The monoisotopic (exact) mass is 282 g/mol. The predicted molar refractivity (Wildman–Crippen MR) is 48.4 cm³/mol. The SMILES string of the molecule is FCOc1cc(Br)cc(Br)c1. The Kier molecular flexibility index (Phi) is 3.33. The summed E-state index contributed by atoms with van der Waals surface area (Å²) in [5, 5.41) is 0. The summed E-state index contributed by atoms with van der Waals surface area (Å²) < 4.78 is 18.0. The minimum atomic E-state index is -0.803. The first-order chi connectivity index (χ1) is 5.22. The van der Waals surface area contributed by atoms with Gasteiger partial charge in [-0.3, -0.25) is 0 Å². The number of alkyl halides is 1. The molecule has 0 aliphatic rings. The first-order valence-corrected chi connectivity index (χ1v) is 4.46. The van der Waals surface area contributed by atoms with Crippen LogP contribution in [0, 0.1) is 0 Å². The normalized spacial score (nSPS) is 9.73. The van der Waals surface area contributed by atoms with E-state index in [1.54, 1.807) is 12.1 Å². The van der Waals surface area contributed by atoms with E-state index in [1.165, 1.54) is 0 Å². The van der Waals surface area contributed by atoms with E-state index >= 15 is 0 Å². The van der Waals surface area contributed by atoms with E-state index in [-0.39, 0.29) is 0 Å². The fourth-order valence-corrected chi connectivity index (χ4v) is 1.93. The van der Waals surface area contributed by atoms with E-state index < -0.39 is 6.86 Å². The Morgan fingerprint density at radius 3 is 2.18 bits per heavy atom. The van der Waals surface area contributed by atoms with Crippen molar-refractivity contribution in [2.45, 2.75) is 0 Å². The Bertz CT molecular complexity index is 232. The molecule has 1 aromatic carbocycles. The Hall–Kier alpha value is -0.0900. The van der Waals surface area contributed by atoms with E-state index in [4.69, 9.17) is 0 Å². The molecular weight excluding hydrogens is 279 g/mol. The van der Waals surface area contributed by atoms with Crippen molar-refractivity contribution >= 4 is 31.9 Å². The fraction of sp³-hybridized carbons (Fsp3) is 0.143. The molecule has 0 N–H and O–H groups in total. The lowest BCUT2D eigenvalue weighted by atomic mass is 10.3. The van der Waals surface area contributed by atoms with E-state index in [9.17, 15) is 4.39 Å². The molecule has 0 unspecified atom stereocenters. The Balaban J connectivity index is 2.89. The first kappa shape index (κ1) is 9.00. The quantitative estimate of drug-likeness (QED) is 0.807. The van der Waals surface area contributed by atoms with Crippen molar-refractivity contribution in [1.82, 2.24) is 0 Å². The molecular formula is C7H5Br2FO. The van der Waals surface area contributed by atoms with Crippen molar-refractivity contribution in [3.05, 3.63) is 27.1 Å². The summed E-state index contributed by atoms with van der Waals surface area (Å²) in [6.07, 6.45) is 0. The number of benzene rings is 1. The third kappa shape index (κ3) is 2.79. The van der Waals surface area contributed by atoms with Crippen LogP contribution in [0.1, 0.15) is 0 Å². The van der Waals surface area contributed by atoms with Gasteiger partial charge in [0.1, 0.15) is 5.75 Å². The van der Waals surface area contributed by atoms with Gasteiger partial charge >= 0.3 is 0 Å². The number of hydrogen-bond acceptors (Lipinski definition) is 1. The zero-order chi connectivity index (χ0) is 8.27. The van der Waals surface area contributed by atoms with Gasteiger partial charge in [-0.1, -0.05) is 31.9 Å². The lowest BCUT2D eigenvalue weighted by Crippen LogP contribution is -1.89. The van der Waals surface area contributed by atoms with Crippen molar-refractivity contribution in [3.8, 4) is 5.75 Å². The number of halogens is 3. The van der Waals surface area contributed by atoms with Gasteiger partial charge in [0.2, 0.25) is 6.86 Å². The van der Waals surface area contributed by atoms with Crippen LogP contribution in [-0.4, -0.2) is 6.86 Å². The average molecular weight is 284 g/mol. The highest BCUT2D eigenvalue weighted by molar-refractivity contribution is 9.11. The number of rotatable bonds is 2. The van der Waals surface area contributed by atoms with E-state index in [0.29, 0.717) is 5.75 Å². The molecule has 0 saturated heterocycles. The molecule has 0 aromatic heterocycles. The fourth-order valence-electron chi connectivity index (χ4n) is 0.675. The summed E-state index contributed by atoms with van der Waals surface area (Å²) in [6.45, 7) is -0.803. The van der Waals surface area contributed by atoms with Gasteiger partial charge in [-0.2, -0.15) is 0 Å². The van der Waals surface area contributed by atoms with Crippen molar-refractivity contribution in [1.29, 1.82) is 0 Å². The van der Waals surface area contributed by atoms with Crippen LogP contribution in [0.3, 0.4) is 0 Å². The zero-order valence-electron chi connectivity index (χ0n) is 5.48. The van der Waals surface area contributed by atoms with Crippen molar-refractivity contribution in [2.75, 3.05) is 6.86 Å². The van der Waals surface area contributed by atoms with Gasteiger partial charge < -0.3 is 4.74 Å². The van der Waals surface area contributed by atoms with E-state index in [2.05, 4.69) is 36.6 Å². The van der Waals surface area contributed by atoms with Gasteiger partial charge in [-0.25, -0.2) is 4.39 Å². The maximum absolute atomic E-state index is 11.7. The highest BCUT2D eigenvalue weighted by atomic mass is 79.9. The molecule has 0 amide bonds. The van der Waals surface area contributed by atoms with Crippen molar-refractivity contribution in [3.63, 3.8) is 0 Å². The highest BCUT2D eigenvalue weighted by Gasteiger charge is 1.96. The summed E-state index contributed by atoms with van der Waals surface area (Å²) in [6, 6.07) is 5.25. The molecule has 0 aliphatic heterocycles. The maximum atomic E-state index is 11.7. The van der Waals surface area contributed by atoms with Crippen LogP contribution in [-0.2, 0) is 0 Å². The molecule has 4 heteroatoms. The molecule has 0 saturated carbocycles. The first-order valence-electron chi connectivity index (χ1n) is 2.87. The van der Waals surface area contributed by atoms with Crippen LogP contribution in [0.2, 0.25) is 0 Å². The molecule has 0 radical (unpaired) electrons. The van der Waals surface area contributed by atoms with Crippen LogP contribution < -0.4 is 4.74 Å². The molecule has 0 aliphatic carbocycles. The Labute approximate surface area is 80.8 Å². The zero-order valence-corrected chi connectivity index (χ0v) is 8.65. The van der Waals surface area contributed by atoms with Gasteiger partial charge in [0.05, 0.1) is 0 Å². The lowest BCUT2D eigenvalue weighted by Gasteiger charge is -2.01. The van der Waals surface area contributed by atoms with Crippen molar-refractivity contribution < 1.29 is 9.13 Å². The second-order valence-corrected chi connectivity index (χ2v) is 3.69. The highest BCUT2D eigenvalue weighted by Crippen LogP contribution is 2.24. The summed E-state index contributed by atoms with van der Waals surface area (Å²) in [5.74, 6) is 0.508. The molecule has 0 heterocycles. The molecule has 1 nitrogen and oxygen atoms in total. The lowest BCUT2D eigenvalue weighted by molar-refractivity contribution is 0.191. The average Bonchev–Trinajstić information content (AvgIpc) is 1.85. The summed E-state index contributed by atoms with van der Waals surface area (Å²) in [5.41, 5.74) is 0. The van der Waals surface area contributed by atoms with Crippen LogP contribution in [0.15, 0.2) is 27.1 Å². The predicted octanol–water partition coefficient (Wildman–Crippen LogP) is 3.52. The van der Waals surface area contributed by atoms with E-state index in [0.717, 1.165) is 8.95 Å². The van der Waals surface area contributed by atoms with Crippen LogP contribution in [0.25, 0.3) is 0 Å². The minimum absolute atomic E-state index is 0.508. The van der Waals surface area contributed by atoms with Crippen LogP contribution >= 0.6 is 31.9 Å². The van der Waals surface area contributed by atoms with Crippen molar-refractivity contribution in [2.24, 2.45) is 0 Å². The third-order valence-electron chi connectivity index (χ3n) is 1.06. The molecule has 0 bridgehead atoms. The molecule has 0 fully saturated rings. The van der Waals surface area contributed by atoms with Gasteiger partial charge in [-0.05, 0) is 18.2 Å². The third-order valence-corrected chi connectivity index (χ3v) is 1.97.